The molecule has 142 valence electrons. The topological polar surface area (TPSA) is 83.4 Å². The molecule has 0 bridgehead atoms. The summed E-state index contributed by atoms with van der Waals surface area (Å²) in [5.74, 6) is -0.464. The third-order valence-electron chi connectivity index (χ3n) is 3.78. The van der Waals surface area contributed by atoms with E-state index in [9.17, 15) is 9.59 Å². The summed E-state index contributed by atoms with van der Waals surface area (Å²) in [6.07, 6.45) is 1.43. The number of rotatable bonds is 4. The number of amides is 2. The first-order valence-electron chi connectivity index (χ1n) is 8.26. The Morgan fingerprint density at radius 2 is 1.71 bits per heavy atom. The Morgan fingerprint density at radius 3 is 2.39 bits per heavy atom. The fourth-order valence-corrected chi connectivity index (χ4v) is 2.94. The van der Waals surface area contributed by atoms with Crippen molar-refractivity contribution in [3.8, 4) is 0 Å². The van der Waals surface area contributed by atoms with E-state index in [0.29, 0.717) is 16.9 Å². The van der Waals surface area contributed by atoms with Gasteiger partial charge < -0.3 is 15.1 Å². The Hall–Kier alpha value is -2.97. The van der Waals surface area contributed by atoms with Crippen molar-refractivity contribution in [3.05, 3.63) is 82.2 Å². The summed E-state index contributed by atoms with van der Waals surface area (Å²) in [4.78, 5) is 24.4. The summed E-state index contributed by atoms with van der Waals surface area (Å²) in [6, 6.07) is 15.5. The fraction of sp³-hybridized carbons (Fsp3) is 0.0500. The predicted molar refractivity (Wildman–Crippen MR) is 116 cm³/mol. The van der Waals surface area contributed by atoms with Crippen molar-refractivity contribution in [3.63, 3.8) is 0 Å². The molecule has 2 amide bonds. The van der Waals surface area contributed by atoms with Crippen LogP contribution in [0.15, 0.2) is 69.8 Å². The van der Waals surface area contributed by atoms with E-state index in [0.717, 1.165) is 10.0 Å². The van der Waals surface area contributed by atoms with Crippen LogP contribution in [-0.2, 0) is 0 Å². The minimum atomic E-state index is -0.358. The number of hydrogen-bond acceptors (Lipinski definition) is 4. The molecule has 0 aliphatic carbocycles. The highest BCUT2D eigenvalue weighted by molar-refractivity contribution is 9.10. The summed E-state index contributed by atoms with van der Waals surface area (Å²) in [5, 5.41) is 8.44. The predicted octanol–water partition coefficient (Wildman–Crippen LogP) is 4.73. The van der Waals surface area contributed by atoms with Gasteiger partial charge in [0.05, 0.1) is 6.26 Å². The molecule has 3 rings (SSSR count). The summed E-state index contributed by atoms with van der Waals surface area (Å²) in [5.41, 5.74) is 2.70. The molecule has 3 aromatic rings. The van der Waals surface area contributed by atoms with Crippen LogP contribution in [0.2, 0.25) is 0 Å². The molecule has 0 saturated carbocycles. The molecule has 3 N–H and O–H groups in total. The Labute approximate surface area is 175 Å². The van der Waals surface area contributed by atoms with Crippen LogP contribution in [0.3, 0.4) is 0 Å². The van der Waals surface area contributed by atoms with E-state index in [2.05, 4.69) is 31.9 Å². The summed E-state index contributed by atoms with van der Waals surface area (Å²) >= 11 is 8.62. The second-order valence-corrected chi connectivity index (χ2v) is 7.15. The lowest BCUT2D eigenvalue weighted by Gasteiger charge is -2.11. The van der Waals surface area contributed by atoms with E-state index in [-0.39, 0.29) is 22.7 Å². The van der Waals surface area contributed by atoms with Crippen LogP contribution in [0.5, 0.6) is 0 Å². The van der Waals surface area contributed by atoms with Crippen molar-refractivity contribution in [1.82, 2.24) is 5.32 Å². The van der Waals surface area contributed by atoms with Gasteiger partial charge in [-0.25, -0.2) is 0 Å². The number of furan rings is 1. The molecule has 0 atom stereocenters. The number of thiocarbonyl (C=S) groups is 1. The molecule has 1 aromatic heterocycles. The van der Waals surface area contributed by atoms with Crippen LogP contribution in [0.4, 0.5) is 11.4 Å². The van der Waals surface area contributed by atoms with E-state index in [1.165, 1.54) is 6.26 Å². The maximum absolute atomic E-state index is 12.3. The maximum atomic E-state index is 12.3. The normalized spacial score (nSPS) is 10.2. The first kappa shape index (κ1) is 19.8. The van der Waals surface area contributed by atoms with Gasteiger partial charge in [0.25, 0.3) is 11.8 Å². The van der Waals surface area contributed by atoms with Crippen molar-refractivity contribution < 1.29 is 14.0 Å². The lowest BCUT2D eigenvalue weighted by molar-refractivity contribution is 0.0975. The maximum Gasteiger partial charge on any atom is 0.291 e. The van der Waals surface area contributed by atoms with Gasteiger partial charge in [-0.1, -0.05) is 28.1 Å². The van der Waals surface area contributed by atoms with Crippen molar-refractivity contribution in [1.29, 1.82) is 0 Å². The van der Waals surface area contributed by atoms with Gasteiger partial charge in [-0.05, 0) is 67.2 Å². The third-order valence-corrected chi connectivity index (χ3v) is 4.84. The standard InChI is InChI=1S/C20H16BrN3O3S/c1-12-7-8-13(10-16(12)21)18(25)24-20(28)23-15-5-2-4-14(11-15)22-19(26)17-6-3-9-27-17/h2-11H,1H3,(H,22,26)(H2,23,24,25,28). The molecule has 8 heteroatoms. The largest absolute Gasteiger partial charge is 0.459 e. The van der Waals surface area contributed by atoms with Crippen LogP contribution < -0.4 is 16.0 Å². The first-order valence-corrected chi connectivity index (χ1v) is 9.46. The van der Waals surface area contributed by atoms with E-state index in [1.54, 1.807) is 48.5 Å². The van der Waals surface area contributed by atoms with Gasteiger partial charge in [0.2, 0.25) is 0 Å². The quantitative estimate of drug-likeness (QED) is 0.493. The zero-order valence-electron chi connectivity index (χ0n) is 14.8. The minimum absolute atomic E-state index is 0.149. The Bertz CT molecular complexity index is 1030. The Morgan fingerprint density at radius 1 is 0.964 bits per heavy atom. The molecule has 0 aliphatic rings. The molecule has 0 saturated heterocycles. The molecule has 2 aromatic carbocycles. The molecule has 6 nitrogen and oxygen atoms in total. The van der Waals surface area contributed by atoms with Crippen LogP contribution in [0.25, 0.3) is 0 Å². The lowest BCUT2D eigenvalue weighted by atomic mass is 10.1. The highest BCUT2D eigenvalue weighted by Crippen LogP contribution is 2.18. The smallest absolute Gasteiger partial charge is 0.291 e. The second-order valence-electron chi connectivity index (χ2n) is 5.88. The van der Waals surface area contributed by atoms with Crippen molar-refractivity contribution in [2.45, 2.75) is 6.92 Å². The van der Waals surface area contributed by atoms with Crippen molar-refractivity contribution >= 4 is 56.4 Å². The van der Waals surface area contributed by atoms with Crippen molar-refractivity contribution in [2.75, 3.05) is 10.6 Å². The van der Waals surface area contributed by atoms with Crippen molar-refractivity contribution in [2.24, 2.45) is 0 Å². The van der Waals surface area contributed by atoms with Gasteiger partial charge in [0.1, 0.15) is 0 Å². The summed E-state index contributed by atoms with van der Waals surface area (Å²) in [7, 11) is 0. The number of hydrogen-bond donors (Lipinski definition) is 3. The zero-order valence-corrected chi connectivity index (χ0v) is 17.2. The molecule has 0 unspecified atom stereocenters. The summed E-state index contributed by atoms with van der Waals surface area (Å²) in [6.45, 7) is 1.94. The lowest BCUT2D eigenvalue weighted by Crippen LogP contribution is -2.34. The van der Waals surface area contributed by atoms with E-state index >= 15 is 0 Å². The third kappa shape index (κ3) is 5.05. The first-order chi connectivity index (χ1) is 13.4. The highest BCUT2D eigenvalue weighted by atomic mass is 79.9. The number of anilines is 2. The number of carbonyl (C=O) groups is 2. The van der Waals surface area contributed by atoms with Gasteiger partial charge in [-0.3, -0.25) is 14.9 Å². The average Bonchev–Trinajstić information content (AvgIpc) is 3.19. The van der Waals surface area contributed by atoms with Crippen LogP contribution in [0.1, 0.15) is 26.5 Å². The Balaban J connectivity index is 1.61. The molecule has 0 aliphatic heterocycles. The Kier molecular flexibility index (Phi) is 6.23. The van der Waals surface area contributed by atoms with Gasteiger partial charge >= 0.3 is 0 Å². The van der Waals surface area contributed by atoms with Gasteiger partial charge in [0, 0.05) is 21.4 Å². The monoisotopic (exact) mass is 457 g/mol. The molecule has 0 radical (unpaired) electrons. The van der Waals surface area contributed by atoms with Gasteiger partial charge in [0.15, 0.2) is 10.9 Å². The van der Waals surface area contributed by atoms with E-state index in [1.807, 2.05) is 13.0 Å². The second kappa shape index (κ2) is 8.81. The molecule has 0 fully saturated rings. The van der Waals surface area contributed by atoms with E-state index < -0.39 is 0 Å². The fourth-order valence-electron chi connectivity index (χ4n) is 2.35. The highest BCUT2D eigenvalue weighted by Gasteiger charge is 2.11. The van der Waals surface area contributed by atoms with Gasteiger partial charge in [-0.2, -0.15) is 0 Å². The minimum Gasteiger partial charge on any atom is -0.459 e. The van der Waals surface area contributed by atoms with Crippen LogP contribution >= 0.6 is 28.1 Å². The molecular formula is C20H16BrN3O3S. The molecule has 1 heterocycles. The number of carbonyl (C=O) groups excluding carboxylic acids is 2. The summed E-state index contributed by atoms with van der Waals surface area (Å²) < 4.78 is 5.91. The van der Waals surface area contributed by atoms with Crippen LogP contribution in [-0.4, -0.2) is 16.9 Å². The molecular weight excluding hydrogens is 442 g/mol. The number of halogens is 1. The van der Waals surface area contributed by atoms with Crippen LogP contribution in [0, 0.1) is 6.92 Å². The average molecular weight is 458 g/mol. The van der Waals surface area contributed by atoms with Gasteiger partial charge in [-0.15, -0.1) is 0 Å². The number of benzene rings is 2. The zero-order chi connectivity index (χ0) is 20.1. The van der Waals surface area contributed by atoms with E-state index in [4.69, 9.17) is 16.6 Å². The molecule has 28 heavy (non-hydrogen) atoms. The SMILES string of the molecule is Cc1ccc(C(=O)NC(=S)Nc2cccc(NC(=O)c3ccco3)c2)cc1Br. The number of nitrogens with one attached hydrogen (secondary N) is 3. The molecule has 0 spiro atoms. The number of aryl methyl sites for hydroxylation is 1.